The fourth-order valence-corrected chi connectivity index (χ4v) is 1.65. The predicted molar refractivity (Wildman–Crippen MR) is 78.2 cm³/mol. The molecule has 0 fully saturated rings. The maximum absolute atomic E-state index is 8.82. The standard InChI is InChI=1S/C13H13BrN4O/c1-4-9(7-15)6-5-8(2)11-10(14)12(16)18-13(17-11)19-3/h4-6H,2H2,1,3H3,(H2,16,17,18)/b6-5-,9-4+. The van der Waals surface area contributed by atoms with Gasteiger partial charge in [-0.15, -0.1) is 0 Å². The normalized spacial score (nSPS) is 11.4. The third-order valence-corrected chi connectivity index (χ3v) is 3.03. The fraction of sp³-hybridized carbons (Fsp3) is 0.154. The summed E-state index contributed by atoms with van der Waals surface area (Å²) in [5, 5.41) is 8.82. The average molecular weight is 321 g/mol. The van der Waals surface area contributed by atoms with Gasteiger partial charge in [-0.2, -0.15) is 15.2 Å². The quantitative estimate of drug-likeness (QED) is 0.681. The van der Waals surface area contributed by atoms with Crippen LogP contribution in [0.15, 0.2) is 34.9 Å². The molecule has 0 radical (unpaired) electrons. The Balaban J connectivity index is 3.14. The molecular formula is C13H13BrN4O. The second kappa shape index (κ2) is 6.71. The first kappa shape index (κ1) is 14.9. The van der Waals surface area contributed by atoms with Crippen molar-refractivity contribution in [1.29, 1.82) is 5.26 Å². The Hall–Kier alpha value is -2.13. The number of nitrogens with two attached hydrogens (primary N) is 1. The second-order valence-corrected chi connectivity index (χ2v) is 4.27. The van der Waals surface area contributed by atoms with Gasteiger partial charge in [0.1, 0.15) is 5.82 Å². The van der Waals surface area contributed by atoms with Crippen LogP contribution >= 0.6 is 15.9 Å². The Labute approximate surface area is 120 Å². The summed E-state index contributed by atoms with van der Waals surface area (Å²) in [7, 11) is 1.46. The van der Waals surface area contributed by atoms with Crippen molar-refractivity contribution in [3.63, 3.8) is 0 Å². The lowest BCUT2D eigenvalue weighted by Gasteiger charge is -2.07. The minimum Gasteiger partial charge on any atom is -0.467 e. The maximum Gasteiger partial charge on any atom is 0.318 e. The zero-order valence-electron chi connectivity index (χ0n) is 10.6. The molecule has 1 aromatic rings. The summed E-state index contributed by atoms with van der Waals surface area (Å²) in [5.41, 5.74) is 7.38. The highest BCUT2D eigenvalue weighted by Gasteiger charge is 2.11. The van der Waals surface area contributed by atoms with Crippen molar-refractivity contribution >= 4 is 27.3 Å². The molecule has 0 amide bonds. The topological polar surface area (TPSA) is 84.8 Å². The van der Waals surface area contributed by atoms with Crippen molar-refractivity contribution in [2.75, 3.05) is 12.8 Å². The number of hydrogen-bond donors (Lipinski definition) is 1. The Kier molecular flexibility index (Phi) is 5.27. The summed E-state index contributed by atoms with van der Waals surface area (Å²) in [5.74, 6) is 0.267. The Morgan fingerprint density at radius 1 is 1.47 bits per heavy atom. The van der Waals surface area contributed by atoms with E-state index < -0.39 is 0 Å². The van der Waals surface area contributed by atoms with E-state index in [0.29, 0.717) is 21.3 Å². The number of hydrogen-bond acceptors (Lipinski definition) is 5. The average Bonchev–Trinajstić information content (AvgIpc) is 2.42. The summed E-state index contributed by atoms with van der Waals surface area (Å²) in [6.45, 7) is 5.67. The van der Waals surface area contributed by atoms with E-state index in [9.17, 15) is 0 Å². The molecule has 6 heteroatoms. The third kappa shape index (κ3) is 3.66. The minimum atomic E-state index is 0.164. The van der Waals surface area contributed by atoms with Crippen LogP contribution in [0.1, 0.15) is 12.6 Å². The number of methoxy groups -OCH3 is 1. The van der Waals surface area contributed by atoms with Crippen LogP contribution in [0.4, 0.5) is 5.82 Å². The lowest BCUT2D eigenvalue weighted by atomic mass is 10.1. The van der Waals surface area contributed by atoms with Gasteiger partial charge in [0, 0.05) is 5.57 Å². The van der Waals surface area contributed by atoms with Gasteiger partial charge < -0.3 is 10.5 Å². The molecular weight excluding hydrogens is 308 g/mol. The van der Waals surface area contributed by atoms with Gasteiger partial charge in [0.15, 0.2) is 0 Å². The second-order valence-electron chi connectivity index (χ2n) is 3.47. The maximum atomic E-state index is 8.82. The van der Waals surface area contributed by atoms with Gasteiger partial charge in [0.2, 0.25) is 0 Å². The number of anilines is 1. The van der Waals surface area contributed by atoms with Crippen LogP contribution in [0, 0.1) is 11.3 Å². The number of allylic oxidation sites excluding steroid dienone is 5. The van der Waals surface area contributed by atoms with Crippen LogP contribution in [0.2, 0.25) is 0 Å². The number of nitrogen functional groups attached to an aromatic ring is 1. The number of nitrogens with zero attached hydrogens (tertiary/aromatic N) is 3. The van der Waals surface area contributed by atoms with E-state index >= 15 is 0 Å². The fourth-order valence-electron chi connectivity index (χ4n) is 1.21. The SMILES string of the molecule is C=C(/C=C\C(C#N)=C/C)c1nc(OC)nc(N)c1Br. The number of aromatic nitrogens is 2. The molecule has 0 aliphatic rings. The van der Waals surface area contributed by atoms with E-state index in [-0.39, 0.29) is 11.8 Å². The molecule has 1 aromatic heterocycles. The van der Waals surface area contributed by atoms with E-state index in [0.717, 1.165) is 0 Å². The number of ether oxygens (including phenoxy) is 1. The van der Waals surface area contributed by atoms with Crippen LogP contribution in [0.5, 0.6) is 6.01 Å². The largest absolute Gasteiger partial charge is 0.467 e. The van der Waals surface area contributed by atoms with E-state index in [1.165, 1.54) is 7.11 Å². The zero-order chi connectivity index (χ0) is 14.4. The summed E-state index contributed by atoms with van der Waals surface area (Å²) >= 11 is 3.31. The van der Waals surface area contributed by atoms with Crippen LogP contribution in [0.25, 0.3) is 5.57 Å². The molecule has 0 aromatic carbocycles. The highest BCUT2D eigenvalue weighted by Crippen LogP contribution is 2.28. The van der Waals surface area contributed by atoms with Crippen LogP contribution < -0.4 is 10.5 Å². The van der Waals surface area contributed by atoms with E-state index in [2.05, 4.69) is 32.5 Å². The van der Waals surface area contributed by atoms with Crippen LogP contribution in [-0.4, -0.2) is 17.1 Å². The van der Waals surface area contributed by atoms with Crippen LogP contribution in [0.3, 0.4) is 0 Å². The third-order valence-electron chi connectivity index (χ3n) is 2.25. The van der Waals surface area contributed by atoms with Crippen molar-refractivity contribution in [1.82, 2.24) is 9.97 Å². The molecule has 0 spiro atoms. The molecule has 0 unspecified atom stereocenters. The van der Waals surface area contributed by atoms with Gasteiger partial charge >= 0.3 is 6.01 Å². The molecule has 0 saturated carbocycles. The first-order valence-corrected chi connectivity index (χ1v) is 6.13. The first-order valence-electron chi connectivity index (χ1n) is 5.34. The molecule has 0 atom stereocenters. The first-order chi connectivity index (χ1) is 9.03. The molecule has 0 saturated heterocycles. The molecule has 98 valence electrons. The molecule has 1 heterocycles. The number of rotatable bonds is 4. The van der Waals surface area contributed by atoms with Gasteiger partial charge in [0.05, 0.1) is 23.3 Å². The Morgan fingerprint density at radius 3 is 2.68 bits per heavy atom. The van der Waals surface area contributed by atoms with Gasteiger partial charge in [0.25, 0.3) is 0 Å². The molecule has 0 bridgehead atoms. The minimum absolute atomic E-state index is 0.164. The van der Waals surface area contributed by atoms with E-state index in [4.69, 9.17) is 15.7 Å². The van der Waals surface area contributed by atoms with E-state index in [1.54, 1.807) is 25.2 Å². The summed E-state index contributed by atoms with van der Waals surface area (Å²) in [4.78, 5) is 8.10. The van der Waals surface area contributed by atoms with Crippen molar-refractivity contribution in [2.24, 2.45) is 0 Å². The molecule has 0 aliphatic heterocycles. The van der Waals surface area contributed by atoms with Gasteiger partial charge in [-0.25, -0.2) is 0 Å². The van der Waals surface area contributed by atoms with Crippen molar-refractivity contribution < 1.29 is 4.74 Å². The van der Waals surface area contributed by atoms with Gasteiger partial charge in [-0.05, 0) is 34.5 Å². The van der Waals surface area contributed by atoms with Gasteiger partial charge in [-0.1, -0.05) is 18.7 Å². The van der Waals surface area contributed by atoms with Crippen LogP contribution in [-0.2, 0) is 0 Å². The van der Waals surface area contributed by atoms with Crippen molar-refractivity contribution in [3.8, 4) is 12.1 Å². The highest BCUT2D eigenvalue weighted by molar-refractivity contribution is 9.10. The zero-order valence-corrected chi connectivity index (χ0v) is 12.2. The molecule has 2 N–H and O–H groups in total. The summed E-state index contributed by atoms with van der Waals surface area (Å²) in [6.07, 6.45) is 5.04. The van der Waals surface area contributed by atoms with Crippen molar-refractivity contribution in [3.05, 3.63) is 40.5 Å². The highest BCUT2D eigenvalue weighted by atomic mass is 79.9. The summed E-state index contributed by atoms with van der Waals surface area (Å²) in [6, 6.07) is 2.21. The van der Waals surface area contributed by atoms with Gasteiger partial charge in [-0.3, -0.25) is 0 Å². The molecule has 0 aliphatic carbocycles. The number of halogens is 1. The Morgan fingerprint density at radius 2 is 2.16 bits per heavy atom. The summed E-state index contributed by atoms with van der Waals surface area (Å²) < 4.78 is 5.50. The monoisotopic (exact) mass is 320 g/mol. The Bertz CT molecular complexity index is 599. The predicted octanol–water partition coefficient (Wildman–Crippen LogP) is 2.87. The molecule has 1 rings (SSSR count). The number of nitriles is 1. The lowest BCUT2D eigenvalue weighted by Crippen LogP contribution is -2.02. The van der Waals surface area contributed by atoms with Crippen molar-refractivity contribution in [2.45, 2.75) is 6.92 Å². The lowest BCUT2D eigenvalue weighted by molar-refractivity contribution is 0.380. The molecule has 19 heavy (non-hydrogen) atoms. The smallest absolute Gasteiger partial charge is 0.318 e. The van der Waals surface area contributed by atoms with E-state index in [1.807, 2.05) is 6.07 Å². The molecule has 5 nitrogen and oxygen atoms in total.